The summed E-state index contributed by atoms with van der Waals surface area (Å²) in [5.41, 5.74) is 6.37. The summed E-state index contributed by atoms with van der Waals surface area (Å²) in [5.74, 6) is 0.380. The molecule has 1 amide bonds. The highest BCUT2D eigenvalue weighted by Gasteiger charge is 2.42. The Morgan fingerprint density at radius 2 is 1.87 bits per heavy atom. The monoisotopic (exact) mass is 545 g/mol. The molecule has 1 aliphatic rings. The van der Waals surface area contributed by atoms with E-state index in [4.69, 9.17) is 28.6 Å². The van der Waals surface area contributed by atoms with Gasteiger partial charge in [-0.2, -0.15) is 0 Å². The molecule has 0 unspecified atom stereocenters. The molecule has 1 aliphatic heterocycles. The average molecular weight is 546 g/mol. The van der Waals surface area contributed by atoms with E-state index in [1.54, 1.807) is 13.3 Å². The third-order valence-corrected chi connectivity index (χ3v) is 7.39. The van der Waals surface area contributed by atoms with Gasteiger partial charge in [0.2, 0.25) is 5.91 Å². The van der Waals surface area contributed by atoms with Crippen molar-refractivity contribution >= 4 is 46.2 Å². The van der Waals surface area contributed by atoms with Gasteiger partial charge in [0.15, 0.2) is 5.11 Å². The molecule has 5 rings (SSSR count). The Morgan fingerprint density at radius 3 is 2.55 bits per heavy atom. The summed E-state index contributed by atoms with van der Waals surface area (Å²) in [6.07, 6.45) is 1.79. The summed E-state index contributed by atoms with van der Waals surface area (Å²) >= 11 is 12.5. The number of benzene rings is 2. The molecule has 1 fully saturated rings. The van der Waals surface area contributed by atoms with Crippen molar-refractivity contribution < 1.29 is 9.53 Å². The van der Waals surface area contributed by atoms with Gasteiger partial charge >= 0.3 is 0 Å². The normalized spacial score (nSPS) is 16.9. The smallest absolute Gasteiger partial charge is 0.221 e. The molecule has 0 bridgehead atoms. The molecule has 194 valence electrons. The molecule has 0 spiro atoms. The fourth-order valence-electron chi connectivity index (χ4n) is 5.17. The molecule has 0 radical (unpaired) electrons. The van der Waals surface area contributed by atoms with Gasteiger partial charge in [0.05, 0.1) is 41.3 Å². The molecule has 2 aromatic heterocycles. The molecule has 3 heterocycles. The largest absolute Gasteiger partial charge is 0.495 e. The summed E-state index contributed by atoms with van der Waals surface area (Å²) in [7, 11) is 1.58. The van der Waals surface area contributed by atoms with Crippen LogP contribution in [0.25, 0.3) is 5.69 Å². The van der Waals surface area contributed by atoms with Crippen LogP contribution in [-0.4, -0.2) is 27.7 Å². The number of hydrogen-bond donors (Lipinski definition) is 2. The van der Waals surface area contributed by atoms with Crippen LogP contribution >= 0.6 is 23.8 Å². The minimum Gasteiger partial charge on any atom is -0.495 e. The molecule has 9 heteroatoms. The minimum absolute atomic E-state index is 0.186. The van der Waals surface area contributed by atoms with E-state index in [0.717, 1.165) is 34.0 Å². The number of aryl methyl sites for hydroxylation is 1. The molecular weight excluding hydrogens is 518 g/mol. The maximum absolute atomic E-state index is 11.9. The second-order valence-electron chi connectivity index (χ2n) is 9.18. The van der Waals surface area contributed by atoms with Gasteiger partial charge in [-0.15, -0.1) is 0 Å². The van der Waals surface area contributed by atoms with E-state index in [9.17, 15) is 4.79 Å². The Hall–Kier alpha value is -3.88. The summed E-state index contributed by atoms with van der Waals surface area (Å²) in [6, 6.07) is 21.1. The summed E-state index contributed by atoms with van der Waals surface area (Å²) in [6.45, 7) is 5.64. The second kappa shape index (κ2) is 10.5. The minimum atomic E-state index is -0.224. The van der Waals surface area contributed by atoms with E-state index < -0.39 is 0 Å². The third kappa shape index (κ3) is 4.61. The van der Waals surface area contributed by atoms with Gasteiger partial charge in [-0.3, -0.25) is 9.78 Å². The maximum atomic E-state index is 11.9. The lowest BCUT2D eigenvalue weighted by Gasteiger charge is -2.29. The zero-order valence-electron chi connectivity index (χ0n) is 21.5. The number of pyridine rings is 1. The molecule has 2 aromatic carbocycles. The van der Waals surface area contributed by atoms with Crippen LogP contribution in [0, 0.1) is 13.8 Å². The number of nitrogens with one attached hydrogen (secondary N) is 2. The highest BCUT2D eigenvalue weighted by molar-refractivity contribution is 7.80. The topological polar surface area (TPSA) is 71.4 Å². The fourth-order valence-corrected chi connectivity index (χ4v) is 5.74. The molecule has 1 saturated heterocycles. The number of anilines is 2. The highest BCUT2D eigenvalue weighted by Crippen LogP contribution is 2.45. The molecule has 4 aromatic rings. The van der Waals surface area contributed by atoms with E-state index in [0.29, 0.717) is 21.6 Å². The Kier molecular flexibility index (Phi) is 7.10. The molecule has 38 heavy (non-hydrogen) atoms. The van der Waals surface area contributed by atoms with Crippen molar-refractivity contribution in [1.29, 1.82) is 0 Å². The van der Waals surface area contributed by atoms with Gasteiger partial charge in [0.25, 0.3) is 0 Å². The van der Waals surface area contributed by atoms with Crippen LogP contribution in [0.2, 0.25) is 5.02 Å². The average Bonchev–Trinajstić information content (AvgIpc) is 3.39. The Labute approximate surface area is 232 Å². The number of amides is 1. The zero-order valence-corrected chi connectivity index (χ0v) is 23.1. The number of carbonyl (C=O) groups is 1. The van der Waals surface area contributed by atoms with Crippen molar-refractivity contribution in [1.82, 2.24) is 14.9 Å². The van der Waals surface area contributed by atoms with Crippen LogP contribution < -0.4 is 20.3 Å². The van der Waals surface area contributed by atoms with Crippen molar-refractivity contribution in [3.8, 4) is 11.4 Å². The van der Waals surface area contributed by atoms with Gasteiger partial charge in [0.1, 0.15) is 5.75 Å². The van der Waals surface area contributed by atoms with Crippen LogP contribution in [0.5, 0.6) is 5.75 Å². The summed E-state index contributed by atoms with van der Waals surface area (Å²) in [4.78, 5) is 18.7. The zero-order chi connectivity index (χ0) is 27.0. The number of thiocarbonyl (C=S) groups is 1. The number of rotatable bonds is 6. The van der Waals surface area contributed by atoms with Crippen LogP contribution in [0.3, 0.4) is 0 Å². The quantitative estimate of drug-likeness (QED) is 0.278. The first kappa shape index (κ1) is 25.8. The number of methoxy groups -OCH3 is 1. The second-order valence-corrected chi connectivity index (χ2v) is 9.97. The van der Waals surface area contributed by atoms with Crippen molar-refractivity contribution in [2.45, 2.75) is 32.9 Å². The lowest BCUT2D eigenvalue weighted by atomic mass is 9.96. The lowest BCUT2D eigenvalue weighted by molar-refractivity contribution is -0.114. The predicted octanol–water partition coefficient (Wildman–Crippen LogP) is 6.29. The van der Waals surface area contributed by atoms with Crippen molar-refractivity contribution in [3.05, 3.63) is 101 Å². The van der Waals surface area contributed by atoms with Gasteiger partial charge in [-0.05, 0) is 80.2 Å². The summed E-state index contributed by atoms with van der Waals surface area (Å²) < 4.78 is 7.65. The molecule has 0 saturated carbocycles. The van der Waals surface area contributed by atoms with Crippen LogP contribution in [0.15, 0.2) is 72.9 Å². The van der Waals surface area contributed by atoms with E-state index in [2.05, 4.69) is 45.0 Å². The van der Waals surface area contributed by atoms with E-state index in [1.807, 2.05) is 60.7 Å². The number of nitrogens with zero attached hydrogens (tertiary/aromatic N) is 3. The van der Waals surface area contributed by atoms with E-state index in [1.165, 1.54) is 6.92 Å². The van der Waals surface area contributed by atoms with Crippen molar-refractivity contribution in [3.63, 3.8) is 0 Å². The first-order valence-electron chi connectivity index (χ1n) is 12.2. The number of carbonyl (C=O) groups excluding carboxylic acids is 1. The van der Waals surface area contributed by atoms with Gasteiger partial charge < -0.3 is 24.8 Å². The first-order valence-corrected chi connectivity index (χ1v) is 13.0. The molecule has 2 atom stereocenters. The fraction of sp³-hybridized carbons (Fsp3) is 0.207. The molecule has 7 nitrogen and oxygen atoms in total. The van der Waals surface area contributed by atoms with E-state index in [-0.39, 0.29) is 18.0 Å². The van der Waals surface area contributed by atoms with Crippen LogP contribution in [0.1, 0.15) is 41.7 Å². The highest BCUT2D eigenvalue weighted by atomic mass is 35.5. The van der Waals surface area contributed by atoms with Gasteiger partial charge in [-0.1, -0.05) is 29.8 Å². The molecule has 2 N–H and O–H groups in total. The van der Waals surface area contributed by atoms with Gasteiger partial charge in [-0.25, -0.2) is 0 Å². The Morgan fingerprint density at radius 1 is 1.11 bits per heavy atom. The number of aromatic nitrogens is 2. The SMILES string of the molecule is COc1ccc(N2C(=S)N[C@@H](c3ccccn3)[C@H]2c2cc(C)n(-c3ccccc3Cl)c2C)cc1NC(C)=O. The lowest BCUT2D eigenvalue weighted by Crippen LogP contribution is -2.29. The molecular formula is C29H28ClN5O2S. The maximum Gasteiger partial charge on any atom is 0.221 e. The van der Waals surface area contributed by atoms with Crippen LogP contribution in [-0.2, 0) is 4.79 Å². The predicted molar refractivity (Wildman–Crippen MR) is 155 cm³/mol. The number of para-hydroxylation sites is 1. The number of ether oxygens (including phenoxy) is 1. The summed E-state index contributed by atoms with van der Waals surface area (Å²) in [5, 5.41) is 7.61. The Bertz CT molecular complexity index is 1520. The van der Waals surface area contributed by atoms with Crippen molar-refractivity contribution in [2.24, 2.45) is 0 Å². The third-order valence-electron chi connectivity index (χ3n) is 6.75. The van der Waals surface area contributed by atoms with Crippen molar-refractivity contribution in [2.75, 3.05) is 17.3 Å². The standard InChI is InChI=1S/C29H28ClN5O2S/c1-17-15-21(18(2)34(17)25-11-6-5-9-22(25)30)28-27(23-10-7-8-14-31-23)33-29(38)35(28)20-12-13-26(37-4)24(16-20)32-19(3)36/h5-16,27-28H,1-4H3,(H,32,36)(H,33,38)/t27-,28+/m0/s1. The van der Waals surface area contributed by atoms with Crippen LogP contribution in [0.4, 0.5) is 11.4 Å². The van der Waals surface area contributed by atoms with E-state index >= 15 is 0 Å². The number of hydrogen-bond acceptors (Lipinski definition) is 4. The van der Waals surface area contributed by atoms with Gasteiger partial charge in [0, 0.05) is 30.2 Å². The molecule has 0 aliphatic carbocycles. The Balaban J connectivity index is 1.69. The number of halogens is 1. The first-order chi connectivity index (χ1) is 18.3.